The maximum Gasteiger partial charge on any atom is 0.143 e. The van der Waals surface area contributed by atoms with Gasteiger partial charge in [0.15, 0.2) is 0 Å². The summed E-state index contributed by atoms with van der Waals surface area (Å²) < 4.78 is 0. The summed E-state index contributed by atoms with van der Waals surface area (Å²) >= 11 is 0. The molecule has 0 aliphatic rings. The number of hydrogen-bond acceptors (Lipinski definition) is 3. The second-order valence-electron chi connectivity index (χ2n) is 4.84. The third-order valence-electron chi connectivity index (χ3n) is 3.52. The first kappa shape index (κ1) is 12.7. The molecule has 102 valence electrons. The summed E-state index contributed by atoms with van der Waals surface area (Å²) in [6, 6.07) is 11.7. The van der Waals surface area contributed by atoms with Gasteiger partial charge in [-0.1, -0.05) is 26.0 Å². The number of rotatable bonds is 3. The van der Waals surface area contributed by atoms with Gasteiger partial charge in [0.05, 0.1) is 0 Å². The molecule has 4 heteroatoms. The van der Waals surface area contributed by atoms with Crippen molar-refractivity contribution in [1.29, 1.82) is 0 Å². The number of aromatic nitrogens is 3. The molecule has 0 saturated carbocycles. The Morgan fingerprint density at radius 2 is 1.55 bits per heavy atom. The minimum Gasteiger partial charge on any atom is -0.506 e. The number of phenols is 1. The summed E-state index contributed by atoms with van der Waals surface area (Å²) in [5.74, 6) is 0.209. The van der Waals surface area contributed by atoms with Crippen LogP contribution in [-0.4, -0.2) is 20.1 Å². The molecule has 1 heterocycles. The van der Waals surface area contributed by atoms with Crippen LogP contribution in [0, 0.1) is 0 Å². The van der Waals surface area contributed by atoms with Gasteiger partial charge < -0.3 is 5.11 Å². The fraction of sp³-hybridized carbons (Fsp3) is 0.250. The monoisotopic (exact) mass is 267 g/mol. The number of hydrogen-bond donors (Lipinski definition) is 1. The minimum absolute atomic E-state index is 0.209. The maximum atomic E-state index is 10.1. The highest BCUT2D eigenvalue weighted by Crippen LogP contribution is 2.23. The van der Waals surface area contributed by atoms with Crippen molar-refractivity contribution in [3.8, 4) is 11.4 Å². The molecule has 4 nitrogen and oxygen atoms in total. The number of aromatic hydroxyl groups is 1. The predicted octanol–water partition coefficient (Wildman–Crippen LogP) is 3.25. The first-order chi connectivity index (χ1) is 9.71. The van der Waals surface area contributed by atoms with E-state index in [9.17, 15) is 5.11 Å². The zero-order valence-electron chi connectivity index (χ0n) is 11.7. The van der Waals surface area contributed by atoms with Crippen molar-refractivity contribution in [3.63, 3.8) is 0 Å². The Labute approximate surface area is 117 Å². The highest BCUT2D eigenvalue weighted by molar-refractivity contribution is 5.74. The lowest BCUT2D eigenvalue weighted by atomic mass is 10.1. The molecule has 0 unspecified atom stereocenters. The quantitative estimate of drug-likeness (QED) is 0.792. The van der Waals surface area contributed by atoms with Crippen molar-refractivity contribution in [2.24, 2.45) is 0 Å². The lowest BCUT2D eigenvalue weighted by molar-refractivity contribution is 0.467. The van der Waals surface area contributed by atoms with Gasteiger partial charge in [-0.3, -0.25) is 0 Å². The van der Waals surface area contributed by atoms with Gasteiger partial charge in [-0.25, -0.2) is 0 Å². The number of aryl methyl sites for hydroxylation is 2. The number of benzene rings is 2. The summed E-state index contributed by atoms with van der Waals surface area (Å²) in [7, 11) is 0. The van der Waals surface area contributed by atoms with E-state index in [1.807, 2.05) is 24.3 Å². The average Bonchev–Trinajstić information content (AvgIpc) is 2.89. The van der Waals surface area contributed by atoms with Gasteiger partial charge in [0.1, 0.15) is 22.5 Å². The van der Waals surface area contributed by atoms with E-state index in [0.29, 0.717) is 5.69 Å². The summed E-state index contributed by atoms with van der Waals surface area (Å²) in [6.45, 7) is 4.17. The smallest absolute Gasteiger partial charge is 0.143 e. The Bertz CT molecular complexity index is 762. The molecule has 0 aliphatic carbocycles. The van der Waals surface area contributed by atoms with E-state index in [4.69, 9.17) is 0 Å². The van der Waals surface area contributed by atoms with Crippen molar-refractivity contribution in [2.45, 2.75) is 26.7 Å². The van der Waals surface area contributed by atoms with Gasteiger partial charge in [-0.2, -0.15) is 0 Å². The molecular formula is C16H17N3O. The Morgan fingerprint density at radius 3 is 2.25 bits per heavy atom. The largest absolute Gasteiger partial charge is 0.506 e. The fourth-order valence-electron chi connectivity index (χ4n) is 2.25. The van der Waals surface area contributed by atoms with Crippen LogP contribution < -0.4 is 0 Å². The number of nitrogens with zero attached hydrogens (tertiary/aromatic N) is 3. The minimum atomic E-state index is 0.209. The normalized spacial score (nSPS) is 11.1. The molecule has 3 rings (SSSR count). The van der Waals surface area contributed by atoms with E-state index in [-0.39, 0.29) is 5.75 Å². The van der Waals surface area contributed by atoms with E-state index >= 15 is 0 Å². The molecule has 0 fully saturated rings. The van der Waals surface area contributed by atoms with Crippen LogP contribution in [0.1, 0.15) is 25.0 Å². The topological polar surface area (TPSA) is 50.9 Å². The van der Waals surface area contributed by atoms with Crippen molar-refractivity contribution in [2.75, 3.05) is 0 Å². The highest BCUT2D eigenvalue weighted by atomic mass is 16.3. The Hall–Kier alpha value is -2.36. The van der Waals surface area contributed by atoms with Gasteiger partial charge in [-0.05, 0) is 48.2 Å². The molecule has 0 spiro atoms. The predicted molar refractivity (Wildman–Crippen MR) is 79.3 cm³/mol. The molecule has 1 aromatic heterocycles. The molecular weight excluding hydrogens is 250 g/mol. The van der Waals surface area contributed by atoms with Crippen molar-refractivity contribution >= 4 is 11.0 Å². The van der Waals surface area contributed by atoms with E-state index < -0.39 is 0 Å². The van der Waals surface area contributed by atoms with Gasteiger partial charge >= 0.3 is 0 Å². The van der Waals surface area contributed by atoms with Crippen LogP contribution in [0.25, 0.3) is 16.7 Å². The van der Waals surface area contributed by atoms with Crippen LogP contribution in [0.15, 0.2) is 36.4 Å². The molecule has 0 amide bonds. The van der Waals surface area contributed by atoms with E-state index in [2.05, 4.69) is 30.1 Å². The first-order valence-electron chi connectivity index (χ1n) is 6.89. The van der Waals surface area contributed by atoms with Crippen LogP contribution in [0.2, 0.25) is 0 Å². The second kappa shape index (κ2) is 4.96. The molecule has 0 aliphatic heterocycles. The first-order valence-corrected chi connectivity index (χ1v) is 6.89. The average molecular weight is 267 g/mol. The summed E-state index contributed by atoms with van der Waals surface area (Å²) in [5, 5.41) is 19.0. The molecule has 3 aromatic rings. The van der Waals surface area contributed by atoms with E-state index in [1.165, 1.54) is 10.4 Å². The number of phenolic OH excluding ortho intramolecular Hbond substituents is 1. The van der Waals surface area contributed by atoms with Crippen LogP contribution in [0.3, 0.4) is 0 Å². The van der Waals surface area contributed by atoms with Crippen molar-refractivity contribution < 1.29 is 5.11 Å². The number of fused-ring (bicyclic) bond motifs is 1. The van der Waals surface area contributed by atoms with Crippen LogP contribution in [0.5, 0.6) is 5.75 Å². The molecule has 1 N–H and O–H groups in total. The molecule has 0 atom stereocenters. The molecule has 0 saturated heterocycles. The molecule has 20 heavy (non-hydrogen) atoms. The fourth-order valence-corrected chi connectivity index (χ4v) is 2.25. The van der Waals surface area contributed by atoms with Crippen LogP contribution in [-0.2, 0) is 12.8 Å². The summed E-state index contributed by atoms with van der Waals surface area (Å²) in [6.07, 6.45) is 1.86. The lowest BCUT2D eigenvalue weighted by Gasteiger charge is -2.04. The van der Waals surface area contributed by atoms with Crippen LogP contribution >= 0.6 is 0 Å². The summed E-state index contributed by atoms with van der Waals surface area (Å²) in [5.41, 5.74) is 4.62. The van der Waals surface area contributed by atoms with E-state index in [0.717, 1.165) is 29.4 Å². The van der Waals surface area contributed by atoms with Gasteiger partial charge in [0.25, 0.3) is 0 Å². The van der Waals surface area contributed by atoms with Gasteiger partial charge in [0.2, 0.25) is 0 Å². The van der Waals surface area contributed by atoms with Crippen molar-refractivity contribution in [1.82, 2.24) is 15.0 Å². The maximum absolute atomic E-state index is 10.1. The Morgan fingerprint density at radius 1 is 0.900 bits per heavy atom. The molecule has 0 bridgehead atoms. The van der Waals surface area contributed by atoms with Crippen molar-refractivity contribution in [3.05, 3.63) is 47.5 Å². The third kappa shape index (κ3) is 2.13. The van der Waals surface area contributed by atoms with Crippen LogP contribution in [0.4, 0.5) is 0 Å². The Kier molecular flexibility index (Phi) is 3.14. The zero-order chi connectivity index (χ0) is 14.1. The Balaban J connectivity index is 2.10. The third-order valence-corrected chi connectivity index (χ3v) is 3.52. The van der Waals surface area contributed by atoms with Gasteiger partial charge in [0, 0.05) is 0 Å². The standard InChI is InChI=1S/C16H17N3O/c1-3-11-5-7-13-14(9-11)18-19(17-13)15-8-6-12(4-2)10-16(15)20/h5-10,20H,3-4H2,1-2H3. The van der Waals surface area contributed by atoms with Gasteiger partial charge in [-0.15, -0.1) is 15.0 Å². The molecule has 0 radical (unpaired) electrons. The highest BCUT2D eigenvalue weighted by Gasteiger charge is 2.09. The lowest BCUT2D eigenvalue weighted by Crippen LogP contribution is -1.99. The summed E-state index contributed by atoms with van der Waals surface area (Å²) in [4.78, 5) is 1.50. The molecule has 2 aromatic carbocycles. The zero-order valence-corrected chi connectivity index (χ0v) is 11.7. The SMILES string of the molecule is CCc1ccc(-n2nc3ccc(CC)cc3n2)c(O)c1. The van der Waals surface area contributed by atoms with E-state index in [1.54, 1.807) is 6.07 Å². The second-order valence-corrected chi connectivity index (χ2v) is 4.84.